The van der Waals surface area contributed by atoms with Gasteiger partial charge in [0.1, 0.15) is 12.6 Å². The molecular weight excluding hydrogens is 438 g/mol. The molecule has 0 radical (unpaired) electrons. The molecule has 3 amide bonds. The van der Waals surface area contributed by atoms with Gasteiger partial charge in [0.05, 0.1) is 17.5 Å². The number of carbonyl (C=O) groups is 3. The lowest BCUT2D eigenvalue weighted by atomic mass is 9.98. The zero-order chi connectivity index (χ0) is 22.9. The van der Waals surface area contributed by atoms with E-state index in [2.05, 4.69) is 0 Å². The van der Waals surface area contributed by atoms with Crippen LogP contribution in [0.15, 0.2) is 59.5 Å². The van der Waals surface area contributed by atoms with Crippen molar-refractivity contribution in [3.8, 4) is 0 Å². The number of rotatable bonds is 4. The Hall–Kier alpha value is -3.00. The van der Waals surface area contributed by atoms with Gasteiger partial charge < -0.3 is 14.5 Å². The van der Waals surface area contributed by atoms with Crippen molar-refractivity contribution in [2.24, 2.45) is 0 Å². The summed E-state index contributed by atoms with van der Waals surface area (Å²) in [5.74, 6) is 0.259. The largest absolute Gasteiger partial charge is 0.439 e. The molecule has 2 fully saturated rings. The Bertz CT molecular complexity index is 1050. The summed E-state index contributed by atoms with van der Waals surface area (Å²) >= 11 is 1.51. The number of nitrogens with zero attached hydrogens (tertiary/aromatic N) is 3. The van der Waals surface area contributed by atoms with E-state index < -0.39 is 0 Å². The van der Waals surface area contributed by atoms with Crippen LogP contribution in [0.25, 0.3) is 0 Å². The lowest BCUT2D eigenvalue weighted by molar-refractivity contribution is -0.132. The van der Waals surface area contributed by atoms with Crippen LogP contribution in [0, 0.1) is 0 Å². The second-order valence-electron chi connectivity index (χ2n) is 8.71. The van der Waals surface area contributed by atoms with E-state index in [0.717, 1.165) is 16.1 Å². The number of cyclic esters (lactones) is 1. The maximum absolute atomic E-state index is 13.0. The molecule has 172 valence electrons. The van der Waals surface area contributed by atoms with E-state index in [-0.39, 0.29) is 42.6 Å². The molecular formula is C25H27N3O4S. The van der Waals surface area contributed by atoms with E-state index in [1.54, 1.807) is 4.90 Å². The molecule has 0 aliphatic carbocycles. The van der Waals surface area contributed by atoms with Crippen LogP contribution in [0.4, 0.5) is 10.5 Å². The third-order valence-electron chi connectivity index (χ3n) is 6.76. The monoisotopic (exact) mass is 465 g/mol. The SMILES string of the molecule is C[C@@H]1[C@H](c2ccccc2)OC(=O)N1C1CCN(C(=O)CN2C(=O)CSc3ccccc32)CC1. The Labute approximate surface area is 197 Å². The molecule has 0 saturated carbocycles. The van der Waals surface area contributed by atoms with Crippen LogP contribution in [0.3, 0.4) is 0 Å². The molecule has 2 saturated heterocycles. The van der Waals surface area contributed by atoms with E-state index in [1.807, 2.05) is 71.3 Å². The highest BCUT2D eigenvalue weighted by Gasteiger charge is 2.44. The minimum Gasteiger partial charge on any atom is -0.439 e. The first-order valence-corrected chi connectivity index (χ1v) is 12.4. The summed E-state index contributed by atoms with van der Waals surface area (Å²) in [5.41, 5.74) is 1.81. The van der Waals surface area contributed by atoms with Gasteiger partial charge in [0.15, 0.2) is 0 Å². The molecule has 2 aromatic carbocycles. The van der Waals surface area contributed by atoms with Gasteiger partial charge in [-0.2, -0.15) is 0 Å². The molecule has 0 spiro atoms. The molecule has 3 aliphatic heterocycles. The Kier molecular flexibility index (Phi) is 6.01. The first-order valence-electron chi connectivity index (χ1n) is 11.4. The normalized spacial score (nSPS) is 23.5. The van der Waals surface area contributed by atoms with Crippen molar-refractivity contribution in [2.75, 3.05) is 30.3 Å². The number of piperidine rings is 1. The highest BCUT2D eigenvalue weighted by molar-refractivity contribution is 8.00. The molecule has 2 aromatic rings. The smallest absolute Gasteiger partial charge is 0.411 e. The summed E-state index contributed by atoms with van der Waals surface area (Å²) in [6.07, 6.45) is 0.843. The molecule has 3 heterocycles. The highest BCUT2D eigenvalue weighted by Crippen LogP contribution is 2.37. The third-order valence-corrected chi connectivity index (χ3v) is 7.80. The van der Waals surface area contributed by atoms with Gasteiger partial charge in [0.25, 0.3) is 0 Å². The number of hydrogen-bond donors (Lipinski definition) is 0. The van der Waals surface area contributed by atoms with Crippen molar-refractivity contribution in [2.45, 2.75) is 42.8 Å². The molecule has 8 heteroatoms. The predicted molar refractivity (Wildman–Crippen MR) is 126 cm³/mol. The first kappa shape index (κ1) is 21.8. The van der Waals surface area contributed by atoms with Crippen molar-refractivity contribution < 1.29 is 19.1 Å². The molecule has 3 aliphatic rings. The number of carbonyl (C=O) groups excluding carboxylic acids is 3. The van der Waals surface area contributed by atoms with E-state index in [0.29, 0.717) is 31.7 Å². The third kappa shape index (κ3) is 4.19. The number of likely N-dealkylation sites (tertiary alicyclic amines) is 1. The van der Waals surface area contributed by atoms with Crippen LogP contribution in [0.1, 0.15) is 31.4 Å². The van der Waals surface area contributed by atoms with Crippen LogP contribution < -0.4 is 4.90 Å². The average Bonchev–Trinajstić information content (AvgIpc) is 3.15. The summed E-state index contributed by atoms with van der Waals surface area (Å²) in [7, 11) is 0. The van der Waals surface area contributed by atoms with E-state index in [1.165, 1.54) is 11.8 Å². The van der Waals surface area contributed by atoms with E-state index >= 15 is 0 Å². The Morgan fingerprint density at radius 1 is 1.03 bits per heavy atom. The van der Waals surface area contributed by atoms with Crippen molar-refractivity contribution in [3.05, 3.63) is 60.2 Å². The maximum Gasteiger partial charge on any atom is 0.411 e. The number of thioether (sulfide) groups is 1. The minimum absolute atomic E-state index is 0.0393. The zero-order valence-electron chi connectivity index (χ0n) is 18.6. The molecule has 33 heavy (non-hydrogen) atoms. The second kappa shape index (κ2) is 9.09. The summed E-state index contributed by atoms with van der Waals surface area (Å²) < 4.78 is 5.71. The van der Waals surface area contributed by atoms with E-state index in [4.69, 9.17) is 4.74 Å². The van der Waals surface area contributed by atoms with Crippen molar-refractivity contribution in [1.82, 2.24) is 9.80 Å². The standard InChI is InChI=1S/C25H27N3O4S/c1-17-24(18-7-3-2-4-8-18)32-25(31)28(17)19-11-13-26(14-12-19)22(29)15-27-20-9-5-6-10-21(20)33-16-23(27)30/h2-10,17,19,24H,11-16H2,1H3/t17-,24-/m1/s1. The van der Waals surface area contributed by atoms with Crippen LogP contribution in [-0.2, 0) is 14.3 Å². The molecule has 2 atom stereocenters. The number of hydrogen-bond acceptors (Lipinski definition) is 5. The second-order valence-corrected chi connectivity index (χ2v) is 9.73. The Morgan fingerprint density at radius 3 is 2.48 bits per heavy atom. The lowest BCUT2D eigenvalue weighted by Gasteiger charge is -2.38. The Morgan fingerprint density at radius 2 is 1.73 bits per heavy atom. The number of anilines is 1. The molecule has 5 rings (SSSR count). The van der Waals surface area contributed by atoms with Gasteiger partial charge in [0, 0.05) is 24.0 Å². The number of amides is 3. The van der Waals surface area contributed by atoms with Crippen LogP contribution in [0.2, 0.25) is 0 Å². The summed E-state index contributed by atoms with van der Waals surface area (Å²) in [4.78, 5) is 44.5. The van der Waals surface area contributed by atoms with Crippen LogP contribution in [0.5, 0.6) is 0 Å². The maximum atomic E-state index is 13.0. The fraction of sp³-hybridized carbons (Fsp3) is 0.400. The van der Waals surface area contributed by atoms with Crippen molar-refractivity contribution in [1.29, 1.82) is 0 Å². The first-order chi connectivity index (χ1) is 16.0. The van der Waals surface area contributed by atoms with Gasteiger partial charge in [-0.1, -0.05) is 42.5 Å². The van der Waals surface area contributed by atoms with Gasteiger partial charge >= 0.3 is 6.09 Å². The van der Waals surface area contributed by atoms with Crippen LogP contribution in [-0.4, -0.2) is 65.2 Å². The zero-order valence-corrected chi connectivity index (χ0v) is 19.4. The topological polar surface area (TPSA) is 70.2 Å². The molecule has 0 bridgehead atoms. The number of para-hydroxylation sites is 1. The van der Waals surface area contributed by atoms with E-state index in [9.17, 15) is 14.4 Å². The van der Waals surface area contributed by atoms with Crippen molar-refractivity contribution >= 4 is 35.4 Å². The van der Waals surface area contributed by atoms with Gasteiger partial charge in [-0.05, 0) is 37.5 Å². The average molecular weight is 466 g/mol. The quantitative estimate of drug-likeness (QED) is 0.689. The minimum atomic E-state index is -0.283. The Balaban J connectivity index is 1.20. The number of benzene rings is 2. The summed E-state index contributed by atoms with van der Waals surface area (Å²) in [5, 5.41) is 0. The highest BCUT2D eigenvalue weighted by atomic mass is 32.2. The van der Waals surface area contributed by atoms with Crippen molar-refractivity contribution in [3.63, 3.8) is 0 Å². The number of fused-ring (bicyclic) bond motifs is 1. The molecule has 0 N–H and O–H groups in total. The molecule has 0 unspecified atom stereocenters. The number of ether oxygens (including phenoxy) is 1. The van der Waals surface area contributed by atoms with Gasteiger partial charge in [0.2, 0.25) is 11.8 Å². The predicted octanol–water partition coefficient (Wildman–Crippen LogP) is 3.70. The summed E-state index contributed by atoms with van der Waals surface area (Å²) in [6.45, 7) is 3.21. The van der Waals surface area contributed by atoms with Gasteiger partial charge in [-0.3, -0.25) is 14.5 Å². The molecule has 0 aromatic heterocycles. The van der Waals surface area contributed by atoms with Gasteiger partial charge in [-0.15, -0.1) is 11.8 Å². The van der Waals surface area contributed by atoms with Crippen LogP contribution >= 0.6 is 11.8 Å². The summed E-state index contributed by atoms with van der Waals surface area (Å²) in [6, 6.07) is 17.5. The molecule has 7 nitrogen and oxygen atoms in total. The van der Waals surface area contributed by atoms with Gasteiger partial charge in [-0.25, -0.2) is 4.79 Å². The lowest BCUT2D eigenvalue weighted by Crippen LogP contribution is -2.51. The fourth-order valence-corrected chi connectivity index (χ4v) is 5.94. The fourth-order valence-electron chi connectivity index (χ4n) is 5.01.